The quantitative estimate of drug-likeness (QED) is 0.345. The first-order chi connectivity index (χ1) is 8.56. The molecule has 0 aromatic rings. The molecule has 0 amide bonds. The maximum atomic E-state index is 2.39. The molecule has 0 rings (SSSR count). The molecule has 0 heteroatoms. The van der Waals surface area contributed by atoms with E-state index in [1.165, 1.54) is 42.4 Å². The molecule has 0 aromatic heterocycles. The second-order valence-corrected chi connectivity index (χ2v) is 5.26. The molecule has 0 atom stereocenters. The molecule has 102 valence electrons. The van der Waals surface area contributed by atoms with Crippen LogP contribution in [0, 0.1) is 0 Å². The van der Waals surface area contributed by atoms with Gasteiger partial charge in [-0.3, -0.25) is 0 Å². The zero-order valence-electron chi connectivity index (χ0n) is 12.9. The van der Waals surface area contributed by atoms with Crippen molar-refractivity contribution in [2.75, 3.05) is 0 Å². The molecule has 0 aromatic carbocycles. The van der Waals surface area contributed by atoms with E-state index in [0.717, 1.165) is 6.42 Å². The molecule has 0 N–H and O–H groups in total. The van der Waals surface area contributed by atoms with E-state index in [9.17, 15) is 0 Å². The lowest BCUT2D eigenvalue weighted by Gasteiger charge is -2.00. The van der Waals surface area contributed by atoms with Crippen LogP contribution in [0.5, 0.6) is 0 Å². The SMILES string of the molecule is CC/C=C/C=C(\C)CC/C=C(\C)CCC=C(C)C. The van der Waals surface area contributed by atoms with Gasteiger partial charge in [0.05, 0.1) is 0 Å². The molecule has 0 fully saturated rings. The minimum atomic E-state index is 1.12. The van der Waals surface area contributed by atoms with Gasteiger partial charge in [0, 0.05) is 0 Å². The van der Waals surface area contributed by atoms with Gasteiger partial charge in [0.2, 0.25) is 0 Å². The summed E-state index contributed by atoms with van der Waals surface area (Å²) in [6.07, 6.45) is 17.1. The first-order valence-corrected chi connectivity index (χ1v) is 7.17. The van der Waals surface area contributed by atoms with Crippen molar-refractivity contribution < 1.29 is 0 Å². The Hall–Kier alpha value is -1.04. The highest BCUT2D eigenvalue weighted by atomic mass is 14.0. The van der Waals surface area contributed by atoms with E-state index in [1.807, 2.05) is 0 Å². The van der Waals surface area contributed by atoms with Gasteiger partial charge in [0.15, 0.2) is 0 Å². The maximum absolute atomic E-state index is 2.39. The Morgan fingerprint density at radius 1 is 0.833 bits per heavy atom. The molecule has 18 heavy (non-hydrogen) atoms. The summed E-state index contributed by atoms with van der Waals surface area (Å²) >= 11 is 0. The van der Waals surface area contributed by atoms with E-state index >= 15 is 0 Å². The van der Waals surface area contributed by atoms with Gasteiger partial charge in [0.25, 0.3) is 0 Å². The van der Waals surface area contributed by atoms with Crippen molar-refractivity contribution in [3.05, 3.63) is 47.1 Å². The van der Waals surface area contributed by atoms with Gasteiger partial charge in [0.1, 0.15) is 0 Å². The second-order valence-electron chi connectivity index (χ2n) is 5.26. The van der Waals surface area contributed by atoms with E-state index in [1.54, 1.807) is 0 Å². The van der Waals surface area contributed by atoms with Crippen LogP contribution in [0.1, 0.15) is 66.7 Å². The van der Waals surface area contributed by atoms with Crippen molar-refractivity contribution >= 4 is 0 Å². The largest absolute Gasteiger partial charge is 0.0856 e. The third-order valence-corrected chi connectivity index (χ3v) is 2.88. The number of hydrogen-bond donors (Lipinski definition) is 0. The first kappa shape index (κ1) is 17.0. The Morgan fingerprint density at radius 2 is 1.44 bits per heavy atom. The lowest BCUT2D eigenvalue weighted by atomic mass is 10.1. The lowest BCUT2D eigenvalue weighted by molar-refractivity contribution is 0.918. The van der Waals surface area contributed by atoms with Crippen molar-refractivity contribution in [3.63, 3.8) is 0 Å². The van der Waals surface area contributed by atoms with Gasteiger partial charge in [-0.15, -0.1) is 0 Å². The number of hydrogen-bond acceptors (Lipinski definition) is 0. The molecule has 0 aliphatic carbocycles. The molecule has 0 radical (unpaired) electrons. The minimum Gasteiger partial charge on any atom is -0.0856 e. The Bertz CT molecular complexity index is 320. The van der Waals surface area contributed by atoms with Gasteiger partial charge in [-0.1, -0.05) is 54.0 Å². The standard InChI is InChI=1S/C18H30/c1-6-7-8-12-17(4)14-10-15-18(5)13-9-11-16(2)3/h7-8,11-12,15H,6,9-10,13-14H2,1-5H3/b8-7+,17-12+,18-15+. The van der Waals surface area contributed by atoms with Crippen LogP contribution in [0.15, 0.2) is 47.1 Å². The van der Waals surface area contributed by atoms with Gasteiger partial charge in [-0.25, -0.2) is 0 Å². The van der Waals surface area contributed by atoms with Crippen molar-refractivity contribution in [2.45, 2.75) is 66.7 Å². The highest BCUT2D eigenvalue weighted by Gasteiger charge is 1.91. The van der Waals surface area contributed by atoms with Crippen LogP contribution < -0.4 is 0 Å². The van der Waals surface area contributed by atoms with Gasteiger partial charge in [-0.2, -0.15) is 0 Å². The summed E-state index contributed by atoms with van der Waals surface area (Å²) in [6, 6.07) is 0. The molecule has 0 bridgehead atoms. The molecule has 0 heterocycles. The Balaban J connectivity index is 3.89. The van der Waals surface area contributed by atoms with E-state index in [4.69, 9.17) is 0 Å². The van der Waals surface area contributed by atoms with Crippen molar-refractivity contribution in [2.24, 2.45) is 0 Å². The van der Waals surface area contributed by atoms with Gasteiger partial charge < -0.3 is 0 Å². The molecular weight excluding hydrogens is 216 g/mol. The monoisotopic (exact) mass is 246 g/mol. The highest BCUT2D eigenvalue weighted by molar-refractivity contribution is 5.11. The van der Waals surface area contributed by atoms with Gasteiger partial charge >= 0.3 is 0 Å². The normalized spacial score (nSPS) is 13.2. The Morgan fingerprint density at radius 3 is 2.06 bits per heavy atom. The zero-order valence-corrected chi connectivity index (χ0v) is 12.9. The fraction of sp³-hybridized carbons (Fsp3) is 0.556. The predicted molar refractivity (Wildman–Crippen MR) is 84.8 cm³/mol. The van der Waals surface area contributed by atoms with Gasteiger partial charge in [-0.05, 0) is 59.8 Å². The van der Waals surface area contributed by atoms with E-state index in [-0.39, 0.29) is 0 Å². The number of rotatable bonds is 8. The first-order valence-electron chi connectivity index (χ1n) is 7.17. The van der Waals surface area contributed by atoms with Crippen LogP contribution in [-0.2, 0) is 0 Å². The molecule has 0 nitrogen and oxygen atoms in total. The Kier molecular flexibility index (Phi) is 10.4. The third kappa shape index (κ3) is 11.4. The summed E-state index contributed by atoms with van der Waals surface area (Å²) in [5.41, 5.74) is 4.40. The minimum absolute atomic E-state index is 1.12. The Labute approximate surface area is 114 Å². The molecule has 0 unspecified atom stereocenters. The van der Waals surface area contributed by atoms with Crippen molar-refractivity contribution in [1.82, 2.24) is 0 Å². The molecule has 0 saturated heterocycles. The molecular formula is C18H30. The fourth-order valence-corrected chi connectivity index (χ4v) is 1.69. The number of allylic oxidation sites excluding steroid dienone is 8. The summed E-state index contributed by atoms with van der Waals surface area (Å²) in [7, 11) is 0. The fourth-order valence-electron chi connectivity index (χ4n) is 1.69. The van der Waals surface area contributed by atoms with Crippen LogP contribution in [0.25, 0.3) is 0 Å². The summed E-state index contributed by atoms with van der Waals surface area (Å²) in [4.78, 5) is 0. The van der Waals surface area contributed by atoms with Crippen LogP contribution in [-0.4, -0.2) is 0 Å². The average molecular weight is 246 g/mol. The van der Waals surface area contributed by atoms with E-state index in [0.29, 0.717) is 0 Å². The summed E-state index contributed by atoms with van der Waals surface area (Å²) in [5, 5.41) is 0. The predicted octanol–water partition coefficient (Wildman–Crippen LogP) is 6.37. The van der Waals surface area contributed by atoms with Crippen molar-refractivity contribution in [1.29, 1.82) is 0 Å². The van der Waals surface area contributed by atoms with E-state index in [2.05, 4.69) is 65.0 Å². The zero-order chi connectivity index (χ0) is 13.8. The summed E-state index contributed by atoms with van der Waals surface area (Å²) < 4.78 is 0. The highest BCUT2D eigenvalue weighted by Crippen LogP contribution is 2.11. The molecule has 0 spiro atoms. The van der Waals surface area contributed by atoms with Crippen molar-refractivity contribution in [3.8, 4) is 0 Å². The topological polar surface area (TPSA) is 0 Å². The third-order valence-electron chi connectivity index (χ3n) is 2.88. The van der Waals surface area contributed by atoms with Crippen LogP contribution in [0.2, 0.25) is 0 Å². The summed E-state index contributed by atoms with van der Waals surface area (Å²) in [5.74, 6) is 0. The van der Waals surface area contributed by atoms with Crippen LogP contribution in [0.3, 0.4) is 0 Å². The molecule has 0 aliphatic heterocycles. The van der Waals surface area contributed by atoms with Crippen LogP contribution >= 0.6 is 0 Å². The molecule has 0 aliphatic rings. The van der Waals surface area contributed by atoms with Crippen LogP contribution in [0.4, 0.5) is 0 Å². The average Bonchev–Trinajstić information content (AvgIpc) is 2.29. The second kappa shape index (κ2) is 11.1. The van der Waals surface area contributed by atoms with E-state index < -0.39 is 0 Å². The lowest BCUT2D eigenvalue weighted by Crippen LogP contribution is -1.80. The smallest absolute Gasteiger partial charge is 0.0285 e. The molecule has 0 saturated carbocycles. The maximum Gasteiger partial charge on any atom is -0.0285 e. The summed E-state index contributed by atoms with van der Waals surface area (Å²) in [6.45, 7) is 11.0.